The molecule has 594 valence electrons. The number of phosphoric acid groups is 2. The molecule has 3 N–H and O–H groups in total. The van der Waals surface area contributed by atoms with Crippen molar-refractivity contribution in [3.05, 3.63) is 0 Å². The van der Waals surface area contributed by atoms with E-state index >= 15 is 0 Å². The topological polar surface area (TPSA) is 237 Å². The molecular weight excluding hydrogens is 1310 g/mol. The standard InChI is InChI=1S/C81H158O17P2/c1-9-74(8)60-52-44-35-29-25-26-32-38-48-56-64-81(86)98-77(68-92-79(84)62-54-46-40-39-43-51-59-73(6)7)70-96-100(89,90)94-66-75(82)65-93-99(87,88)95-69-76(67-91-78(83)61-53-45-36-30-23-20-16-18-22-28-34-42-50-58-72(4)5)97-80(85)63-55-47-37-31-24-19-15-13-11-10-12-14-17-21-27-33-41-49-57-71(2)3/h71-77,82H,9-70H2,1-8H3,(H,87,88)(H,89,90)/t74?,75-,76-,77-/m1/s1. The van der Waals surface area contributed by atoms with E-state index in [1.165, 1.54) is 212 Å². The highest BCUT2D eigenvalue weighted by atomic mass is 31.2. The van der Waals surface area contributed by atoms with Crippen LogP contribution in [0.25, 0.3) is 0 Å². The van der Waals surface area contributed by atoms with Crippen molar-refractivity contribution in [3.8, 4) is 0 Å². The Hall–Kier alpha value is -1.94. The van der Waals surface area contributed by atoms with Crippen LogP contribution in [0, 0.1) is 23.7 Å². The fraction of sp³-hybridized carbons (Fsp3) is 0.951. The van der Waals surface area contributed by atoms with Gasteiger partial charge in [0.25, 0.3) is 0 Å². The molecule has 0 aliphatic rings. The molecule has 19 heteroatoms. The number of aliphatic hydroxyl groups is 1. The molecule has 0 saturated heterocycles. The van der Waals surface area contributed by atoms with Crippen molar-refractivity contribution in [2.75, 3.05) is 39.6 Å². The molecule has 0 spiro atoms. The number of unbranched alkanes of at least 4 members (excludes halogenated alkanes) is 43. The summed E-state index contributed by atoms with van der Waals surface area (Å²) in [7, 11) is -9.92. The maximum atomic E-state index is 13.1. The number of carbonyl (C=O) groups is 4. The Morgan fingerprint density at radius 3 is 0.710 bits per heavy atom. The van der Waals surface area contributed by atoms with Gasteiger partial charge in [-0.25, -0.2) is 9.13 Å². The van der Waals surface area contributed by atoms with Crippen molar-refractivity contribution in [2.24, 2.45) is 23.7 Å². The maximum Gasteiger partial charge on any atom is 0.472 e. The molecule has 0 aromatic rings. The number of rotatable bonds is 78. The van der Waals surface area contributed by atoms with Gasteiger partial charge in [0.2, 0.25) is 0 Å². The molecule has 100 heavy (non-hydrogen) atoms. The average molecular weight is 1470 g/mol. The summed E-state index contributed by atoms with van der Waals surface area (Å²) >= 11 is 0. The second kappa shape index (κ2) is 70.1. The third-order valence-electron chi connectivity index (χ3n) is 19.2. The van der Waals surface area contributed by atoms with Gasteiger partial charge in [-0.3, -0.25) is 37.3 Å². The second-order valence-electron chi connectivity index (χ2n) is 30.8. The highest BCUT2D eigenvalue weighted by Crippen LogP contribution is 2.45. The summed E-state index contributed by atoms with van der Waals surface area (Å²) in [6, 6.07) is 0. The number of phosphoric ester groups is 2. The summed E-state index contributed by atoms with van der Waals surface area (Å²) in [5, 5.41) is 10.6. The number of ether oxygens (including phenoxy) is 4. The zero-order valence-corrected chi connectivity index (χ0v) is 67.6. The lowest BCUT2D eigenvalue weighted by molar-refractivity contribution is -0.161. The highest BCUT2D eigenvalue weighted by molar-refractivity contribution is 7.47. The first-order valence-corrected chi connectivity index (χ1v) is 44.7. The fourth-order valence-electron chi connectivity index (χ4n) is 12.4. The van der Waals surface area contributed by atoms with Crippen molar-refractivity contribution < 1.29 is 80.2 Å². The molecule has 0 aliphatic carbocycles. The second-order valence-corrected chi connectivity index (χ2v) is 33.7. The van der Waals surface area contributed by atoms with Crippen LogP contribution in [0.3, 0.4) is 0 Å². The van der Waals surface area contributed by atoms with E-state index in [4.69, 9.17) is 37.0 Å². The Labute approximate surface area is 613 Å². The molecule has 0 saturated carbocycles. The lowest BCUT2D eigenvalue weighted by Gasteiger charge is -2.21. The van der Waals surface area contributed by atoms with Gasteiger partial charge in [0.1, 0.15) is 19.3 Å². The Balaban J connectivity index is 5.22. The predicted molar refractivity (Wildman–Crippen MR) is 409 cm³/mol. The van der Waals surface area contributed by atoms with Crippen molar-refractivity contribution in [1.29, 1.82) is 0 Å². The van der Waals surface area contributed by atoms with Crippen LogP contribution in [0.5, 0.6) is 0 Å². The molecular formula is C81H158O17P2. The number of hydrogen-bond donors (Lipinski definition) is 3. The largest absolute Gasteiger partial charge is 0.472 e. The van der Waals surface area contributed by atoms with Crippen LogP contribution in [-0.2, 0) is 65.4 Å². The summed E-state index contributed by atoms with van der Waals surface area (Å²) in [6.45, 7) is 14.2. The summed E-state index contributed by atoms with van der Waals surface area (Å²) in [5.74, 6) is 0.977. The van der Waals surface area contributed by atoms with Gasteiger partial charge in [-0.15, -0.1) is 0 Å². The van der Waals surface area contributed by atoms with E-state index in [9.17, 15) is 43.2 Å². The SMILES string of the molecule is CCC(C)CCCCCCCCCCCCC(=O)O[C@H](COC(=O)CCCCCCCCC(C)C)COP(=O)(O)OC[C@H](O)COP(=O)(O)OC[C@@H](COC(=O)CCCCCCCCCCCCCCCC(C)C)OC(=O)CCCCCCCCCCCCCCCCCCCCC(C)C. The zero-order valence-electron chi connectivity index (χ0n) is 65.8. The van der Waals surface area contributed by atoms with E-state index in [0.29, 0.717) is 31.6 Å². The van der Waals surface area contributed by atoms with E-state index in [2.05, 4.69) is 55.4 Å². The maximum absolute atomic E-state index is 13.1. The smallest absolute Gasteiger partial charge is 0.462 e. The summed E-state index contributed by atoms with van der Waals surface area (Å²) < 4.78 is 68.7. The molecule has 0 heterocycles. The minimum absolute atomic E-state index is 0.105. The average Bonchev–Trinajstić information content (AvgIpc) is 0.988. The molecule has 0 radical (unpaired) electrons. The lowest BCUT2D eigenvalue weighted by Crippen LogP contribution is -2.30. The van der Waals surface area contributed by atoms with Gasteiger partial charge in [-0.05, 0) is 49.4 Å². The summed E-state index contributed by atoms with van der Waals surface area (Å²) in [4.78, 5) is 73.0. The van der Waals surface area contributed by atoms with Gasteiger partial charge in [-0.2, -0.15) is 0 Å². The van der Waals surface area contributed by atoms with Gasteiger partial charge in [0.15, 0.2) is 12.2 Å². The van der Waals surface area contributed by atoms with Gasteiger partial charge in [-0.1, -0.05) is 364 Å². The van der Waals surface area contributed by atoms with Crippen LogP contribution in [0.2, 0.25) is 0 Å². The molecule has 0 aromatic heterocycles. The van der Waals surface area contributed by atoms with Crippen LogP contribution in [0.15, 0.2) is 0 Å². The van der Waals surface area contributed by atoms with Gasteiger partial charge in [0, 0.05) is 25.7 Å². The van der Waals surface area contributed by atoms with Crippen LogP contribution in [0.4, 0.5) is 0 Å². The van der Waals surface area contributed by atoms with Crippen LogP contribution in [0.1, 0.15) is 415 Å². The van der Waals surface area contributed by atoms with Crippen LogP contribution < -0.4 is 0 Å². The van der Waals surface area contributed by atoms with Crippen LogP contribution in [-0.4, -0.2) is 96.7 Å². The van der Waals surface area contributed by atoms with Gasteiger partial charge < -0.3 is 33.8 Å². The molecule has 0 aliphatic heterocycles. The molecule has 0 bridgehead atoms. The Morgan fingerprint density at radius 2 is 0.480 bits per heavy atom. The van der Waals surface area contributed by atoms with Crippen molar-refractivity contribution in [3.63, 3.8) is 0 Å². The number of carbonyl (C=O) groups excluding carboxylic acids is 4. The lowest BCUT2D eigenvalue weighted by atomic mass is 9.99. The molecule has 6 atom stereocenters. The number of aliphatic hydroxyl groups excluding tert-OH is 1. The Bertz CT molecular complexity index is 1960. The van der Waals surface area contributed by atoms with E-state index in [0.717, 1.165) is 114 Å². The van der Waals surface area contributed by atoms with Gasteiger partial charge >= 0.3 is 39.5 Å². The molecule has 0 amide bonds. The molecule has 3 unspecified atom stereocenters. The molecule has 0 rings (SSSR count). The first kappa shape index (κ1) is 98.1. The van der Waals surface area contributed by atoms with E-state index < -0.39 is 97.5 Å². The normalized spacial score (nSPS) is 14.3. The van der Waals surface area contributed by atoms with Crippen molar-refractivity contribution in [2.45, 2.75) is 433 Å². The fourth-order valence-corrected chi connectivity index (χ4v) is 14.0. The predicted octanol–water partition coefficient (Wildman–Crippen LogP) is 24.0. The zero-order chi connectivity index (χ0) is 73.8. The monoisotopic (exact) mass is 1470 g/mol. The third-order valence-corrected chi connectivity index (χ3v) is 21.1. The minimum atomic E-state index is -4.96. The Kier molecular flexibility index (Phi) is 68.7. The van der Waals surface area contributed by atoms with Crippen molar-refractivity contribution >= 4 is 39.5 Å². The Morgan fingerprint density at radius 1 is 0.280 bits per heavy atom. The molecule has 0 fully saturated rings. The first-order chi connectivity index (χ1) is 48.1. The van der Waals surface area contributed by atoms with Crippen molar-refractivity contribution in [1.82, 2.24) is 0 Å². The third kappa shape index (κ3) is 73.0. The molecule has 17 nitrogen and oxygen atoms in total. The van der Waals surface area contributed by atoms with E-state index in [-0.39, 0.29) is 25.7 Å². The first-order valence-electron chi connectivity index (χ1n) is 41.7. The quantitative estimate of drug-likeness (QED) is 0.0222. The van der Waals surface area contributed by atoms with E-state index in [1.807, 2.05) is 0 Å². The highest BCUT2D eigenvalue weighted by Gasteiger charge is 2.30. The number of hydrogen-bond acceptors (Lipinski definition) is 15. The molecule has 0 aromatic carbocycles. The minimum Gasteiger partial charge on any atom is -0.462 e. The van der Waals surface area contributed by atoms with Crippen LogP contribution >= 0.6 is 15.6 Å². The summed E-state index contributed by atoms with van der Waals surface area (Å²) in [5.41, 5.74) is 0. The summed E-state index contributed by atoms with van der Waals surface area (Å²) in [6.07, 6.45) is 57.0. The van der Waals surface area contributed by atoms with Gasteiger partial charge in [0.05, 0.1) is 26.4 Å². The number of esters is 4. The van der Waals surface area contributed by atoms with E-state index in [1.54, 1.807) is 0 Å².